The summed E-state index contributed by atoms with van der Waals surface area (Å²) >= 11 is 1.54. The lowest BCUT2D eigenvalue weighted by atomic mass is 10.1. The van der Waals surface area contributed by atoms with Crippen LogP contribution in [0.3, 0.4) is 0 Å². The van der Waals surface area contributed by atoms with Gasteiger partial charge in [-0.25, -0.2) is 0 Å². The Labute approximate surface area is 151 Å². The summed E-state index contributed by atoms with van der Waals surface area (Å²) in [6, 6.07) is 6.48. The van der Waals surface area contributed by atoms with E-state index in [2.05, 4.69) is 15.3 Å². The second-order valence-electron chi connectivity index (χ2n) is 5.51. The number of amides is 1. The molecule has 0 bridgehead atoms. The monoisotopic (exact) mass is 377 g/mol. The Morgan fingerprint density at radius 2 is 1.81 bits per heavy atom. The van der Waals surface area contributed by atoms with Gasteiger partial charge in [0.15, 0.2) is 0 Å². The zero-order valence-corrected chi connectivity index (χ0v) is 14.3. The SMILES string of the molecule is O=C(Cc1ccc(C(F)(F)F)cc1)NCc1nccnc1-c1ccsc1. The van der Waals surface area contributed by atoms with E-state index in [0.717, 1.165) is 17.7 Å². The van der Waals surface area contributed by atoms with Gasteiger partial charge in [0.25, 0.3) is 0 Å². The van der Waals surface area contributed by atoms with Crippen molar-refractivity contribution < 1.29 is 18.0 Å². The third-order valence-electron chi connectivity index (χ3n) is 3.67. The summed E-state index contributed by atoms with van der Waals surface area (Å²) in [5.74, 6) is -0.299. The van der Waals surface area contributed by atoms with Crippen LogP contribution in [0.1, 0.15) is 16.8 Å². The maximum Gasteiger partial charge on any atom is 0.416 e. The number of nitrogens with one attached hydrogen (secondary N) is 1. The number of nitrogens with zero attached hydrogens (tertiary/aromatic N) is 2. The fourth-order valence-corrected chi connectivity index (χ4v) is 3.02. The molecule has 2 heterocycles. The van der Waals surface area contributed by atoms with Crippen molar-refractivity contribution in [2.75, 3.05) is 0 Å². The van der Waals surface area contributed by atoms with Crippen LogP contribution in [0.5, 0.6) is 0 Å². The van der Waals surface area contributed by atoms with Crippen LogP contribution >= 0.6 is 11.3 Å². The molecular formula is C18H14F3N3OS. The van der Waals surface area contributed by atoms with Gasteiger partial charge in [-0.05, 0) is 29.1 Å². The van der Waals surface area contributed by atoms with Gasteiger partial charge in [-0.1, -0.05) is 12.1 Å². The van der Waals surface area contributed by atoms with E-state index in [1.807, 2.05) is 16.8 Å². The van der Waals surface area contributed by atoms with Gasteiger partial charge in [0, 0.05) is 23.3 Å². The Kier molecular flexibility index (Phi) is 5.32. The van der Waals surface area contributed by atoms with Crippen molar-refractivity contribution in [2.45, 2.75) is 19.1 Å². The third kappa shape index (κ3) is 4.45. The summed E-state index contributed by atoms with van der Waals surface area (Å²) in [5.41, 5.74) is 2.03. The lowest BCUT2D eigenvalue weighted by Crippen LogP contribution is -2.25. The summed E-state index contributed by atoms with van der Waals surface area (Å²) in [6.45, 7) is 0.193. The normalized spacial score (nSPS) is 11.3. The van der Waals surface area contributed by atoms with Crippen LogP contribution in [-0.4, -0.2) is 15.9 Å². The molecule has 0 fully saturated rings. The molecule has 0 radical (unpaired) electrons. The van der Waals surface area contributed by atoms with E-state index in [1.54, 1.807) is 12.4 Å². The summed E-state index contributed by atoms with van der Waals surface area (Å²) in [6.07, 6.45) is -1.26. The van der Waals surface area contributed by atoms with Crippen molar-refractivity contribution in [3.05, 3.63) is 70.3 Å². The minimum Gasteiger partial charge on any atom is -0.350 e. The highest BCUT2D eigenvalue weighted by Crippen LogP contribution is 2.29. The summed E-state index contributed by atoms with van der Waals surface area (Å²) in [4.78, 5) is 20.6. The average Bonchev–Trinajstić information content (AvgIpc) is 3.14. The molecule has 3 rings (SSSR count). The maximum absolute atomic E-state index is 12.6. The van der Waals surface area contributed by atoms with E-state index in [1.165, 1.54) is 23.5 Å². The van der Waals surface area contributed by atoms with E-state index in [-0.39, 0.29) is 18.9 Å². The molecule has 0 aliphatic heterocycles. The number of hydrogen-bond donors (Lipinski definition) is 1. The quantitative estimate of drug-likeness (QED) is 0.729. The third-order valence-corrected chi connectivity index (χ3v) is 4.35. The molecule has 1 aromatic carbocycles. The van der Waals surface area contributed by atoms with Crippen molar-refractivity contribution >= 4 is 17.2 Å². The Balaban J connectivity index is 1.62. The van der Waals surface area contributed by atoms with E-state index in [9.17, 15) is 18.0 Å². The number of halogens is 3. The highest BCUT2D eigenvalue weighted by molar-refractivity contribution is 7.08. The van der Waals surface area contributed by atoms with Crippen molar-refractivity contribution in [1.29, 1.82) is 0 Å². The fraction of sp³-hybridized carbons (Fsp3) is 0.167. The predicted octanol–water partition coefficient (Wildman–Crippen LogP) is 4.08. The highest BCUT2D eigenvalue weighted by Gasteiger charge is 2.29. The zero-order chi connectivity index (χ0) is 18.6. The summed E-state index contributed by atoms with van der Waals surface area (Å²) in [7, 11) is 0. The minimum absolute atomic E-state index is 0.00775. The van der Waals surface area contributed by atoms with Crippen LogP contribution in [0.15, 0.2) is 53.5 Å². The molecule has 0 atom stereocenters. The fourth-order valence-electron chi connectivity index (χ4n) is 2.38. The second kappa shape index (κ2) is 7.65. The van der Waals surface area contributed by atoms with E-state index in [4.69, 9.17) is 0 Å². The molecule has 1 N–H and O–H groups in total. The molecular weight excluding hydrogens is 363 g/mol. The molecule has 0 unspecified atom stereocenters. The van der Waals surface area contributed by atoms with Gasteiger partial charge in [0.1, 0.15) is 0 Å². The van der Waals surface area contributed by atoms with Crippen LogP contribution < -0.4 is 5.32 Å². The number of carbonyl (C=O) groups excluding carboxylic acids is 1. The molecule has 4 nitrogen and oxygen atoms in total. The van der Waals surface area contributed by atoms with Gasteiger partial charge >= 0.3 is 6.18 Å². The lowest BCUT2D eigenvalue weighted by molar-refractivity contribution is -0.137. The predicted molar refractivity (Wildman–Crippen MR) is 92.3 cm³/mol. The molecule has 0 aliphatic rings. The Hall–Kier alpha value is -2.74. The van der Waals surface area contributed by atoms with Crippen LogP contribution in [0.2, 0.25) is 0 Å². The number of rotatable bonds is 5. The van der Waals surface area contributed by atoms with Crippen LogP contribution in [-0.2, 0) is 23.9 Å². The first-order valence-corrected chi connectivity index (χ1v) is 8.63. The lowest BCUT2D eigenvalue weighted by Gasteiger charge is -2.09. The van der Waals surface area contributed by atoms with Gasteiger partial charge in [0.2, 0.25) is 5.91 Å². The van der Waals surface area contributed by atoms with Crippen molar-refractivity contribution in [2.24, 2.45) is 0 Å². The topological polar surface area (TPSA) is 54.9 Å². The van der Waals surface area contributed by atoms with Crippen molar-refractivity contribution in [3.63, 3.8) is 0 Å². The molecule has 2 aromatic heterocycles. The molecule has 26 heavy (non-hydrogen) atoms. The van der Waals surface area contributed by atoms with E-state index < -0.39 is 11.7 Å². The number of alkyl halides is 3. The molecule has 134 valence electrons. The standard InChI is InChI=1S/C18H14F3N3OS/c19-18(20,21)14-3-1-12(2-4-14)9-16(25)24-10-15-17(23-7-6-22-15)13-5-8-26-11-13/h1-8,11H,9-10H2,(H,24,25). The average molecular weight is 377 g/mol. The Morgan fingerprint density at radius 1 is 1.08 bits per heavy atom. The smallest absolute Gasteiger partial charge is 0.350 e. The number of benzene rings is 1. The number of thiophene rings is 1. The first-order chi connectivity index (χ1) is 12.4. The second-order valence-corrected chi connectivity index (χ2v) is 6.29. The van der Waals surface area contributed by atoms with E-state index in [0.29, 0.717) is 17.0 Å². The van der Waals surface area contributed by atoms with Crippen LogP contribution in [0, 0.1) is 0 Å². The van der Waals surface area contributed by atoms with Crippen molar-refractivity contribution in [3.8, 4) is 11.3 Å². The number of aromatic nitrogens is 2. The van der Waals surface area contributed by atoms with Gasteiger partial charge in [-0.15, -0.1) is 0 Å². The first kappa shape index (κ1) is 18.1. The molecule has 0 saturated carbocycles. The number of carbonyl (C=O) groups is 1. The van der Waals surface area contributed by atoms with E-state index >= 15 is 0 Å². The summed E-state index contributed by atoms with van der Waals surface area (Å²) in [5, 5.41) is 6.60. The molecule has 0 saturated heterocycles. The van der Waals surface area contributed by atoms with Gasteiger partial charge in [-0.3, -0.25) is 14.8 Å². The van der Waals surface area contributed by atoms with Crippen molar-refractivity contribution in [1.82, 2.24) is 15.3 Å². The molecule has 8 heteroatoms. The summed E-state index contributed by atoms with van der Waals surface area (Å²) < 4.78 is 37.7. The van der Waals surface area contributed by atoms with Crippen LogP contribution in [0.25, 0.3) is 11.3 Å². The van der Waals surface area contributed by atoms with Gasteiger partial charge < -0.3 is 5.32 Å². The van der Waals surface area contributed by atoms with Gasteiger partial charge in [0.05, 0.1) is 29.9 Å². The maximum atomic E-state index is 12.6. The zero-order valence-electron chi connectivity index (χ0n) is 13.5. The molecule has 0 aliphatic carbocycles. The molecule has 3 aromatic rings. The minimum atomic E-state index is -4.38. The molecule has 0 spiro atoms. The highest BCUT2D eigenvalue weighted by atomic mass is 32.1. The first-order valence-electron chi connectivity index (χ1n) is 7.69. The largest absolute Gasteiger partial charge is 0.416 e. The van der Waals surface area contributed by atoms with Crippen LogP contribution in [0.4, 0.5) is 13.2 Å². The number of hydrogen-bond acceptors (Lipinski definition) is 4. The Morgan fingerprint density at radius 3 is 2.46 bits per heavy atom. The molecule has 1 amide bonds. The van der Waals surface area contributed by atoms with Gasteiger partial charge in [-0.2, -0.15) is 24.5 Å². The Bertz CT molecular complexity index is 877.